The van der Waals surface area contributed by atoms with E-state index in [2.05, 4.69) is 13.8 Å². The minimum absolute atomic E-state index is 0.00507. The zero-order chi connectivity index (χ0) is 21.0. The van der Waals surface area contributed by atoms with Gasteiger partial charge in [0.2, 0.25) is 0 Å². The second-order valence-electron chi connectivity index (χ2n) is 7.85. The summed E-state index contributed by atoms with van der Waals surface area (Å²) in [6.07, 6.45) is 0.449. The Morgan fingerprint density at radius 2 is 1.93 bits per heavy atom. The largest absolute Gasteiger partial charge is 0.493 e. The smallest absolute Gasteiger partial charge is 0.254 e. The number of sulfone groups is 1. The summed E-state index contributed by atoms with van der Waals surface area (Å²) in [6.45, 7) is 5.06. The van der Waals surface area contributed by atoms with Gasteiger partial charge in [-0.2, -0.15) is 0 Å². The topological polar surface area (TPSA) is 63.7 Å². The van der Waals surface area contributed by atoms with Crippen molar-refractivity contribution < 1.29 is 17.9 Å². The van der Waals surface area contributed by atoms with Gasteiger partial charge in [-0.15, -0.1) is 0 Å². The van der Waals surface area contributed by atoms with Crippen molar-refractivity contribution in [3.63, 3.8) is 0 Å². The molecule has 0 aromatic heterocycles. The molecule has 29 heavy (non-hydrogen) atoms. The van der Waals surface area contributed by atoms with Crippen LogP contribution < -0.4 is 4.74 Å². The first-order chi connectivity index (χ1) is 13.7. The summed E-state index contributed by atoms with van der Waals surface area (Å²) in [7, 11) is -3.12. The molecule has 1 fully saturated rings. The zero-order valence-corrected chi connectivity index (χ0v) is 18.2. The van der Waals surface area contributed by atoms with Crippen LogP contribution in [0.25, 0.3) is 0 Å². The van der Waals surface area contributed by atoms with E-state index in [9.17, 15) is 13.2 Å². The molecule has 1 amide bonds. The van der Waals surface area contributed by atoms with Crippen LogP contribution in [0.4, 0.5) is 0 Å². The first kappa shape index (κ1) is 21.7. The molecular formula is C22H26ClNO4S. The lowest BCUT2D eigenvalue weighted by atomic mass is 10.1. The molecule has 2 aromatic rings. The third-order valence-corrected chi connectivity index (χ3v) is 6.82. The fourth-order valence-corrected chi connectivity index (χ4v) is 5.29. The lowest BCUT2D eigenvalue weighted by molar-refractivity contribution is 0.0681. The van der Waals surface area contributed by atoms with E-state index in [0.29, 0.717) is 41.8 Å². The van der Waals surface area contributed by atoms with E-state index < -0.39 is 9.84 Å². The first-order valence-electron chi connectivity index (χ1n) is 9.72. The van der Waals surface area contributed by atoms with Crippen molar-refractivity contribution in [2.45, 2.75) is 32.9 Å². The second kappa shape index (κ2) is 9.18. The second-order valence-corrected chi connectivity index (χ2v) is 10.5. The number of nitrogens with zero attached hydrogens (tertiary/aromatic N) is 1. The number of ether oxygens (including phenoxy) is 1. The molecule has 0 unspecified atom stereocenters. The summed E-state index contributed by atoms with van der Waals surface area (Å²) >= 11 is 6.09. The maximum absolute atomic E-state index is 13.3. The molecule has 0 spiro atoms. The molecule has 1 saturated heterocycles. The molecule has 0 N–H and O–H groups in total. The molecule has 3 rings (SSSR count). The lowest BCUT2D eigenvalue weighted by Crippen LogP contribution is -2.40. The molecule has 2 aromatic carbocycles. The van der Waals surface area contributed by atoms with Crippen LogP contribution in [0, 0.1) is 5.92 Å². The predicted molar refractivity (Wildman–Crippen MR) is 115 cm³/mol. The van der Waals surface area contributed by atoms with Gasteiger partial charge in [0.25, 0.3) is 5.91 Å². The number of hydrogen-bond acceptors (Lipinski definition) is 4. The number of rotatable bonds is 7. The Bertz CT molecular complexity index is 957. The van der Waals surface area contributed by atoms with E-state index in [4.69, 9.17) is 16.3 Å². The SMILES string of the molecule is CC(C)COc1ccc(C(=O)N(Cc2cccc(Cl)c2)[C@@H]2CCS(=O)(=O)C2)cc1. The van der Waals surface area contributed by atoms with Crippen molar-refractivity contribution in [2.24, 2.45) is 5.92 Å². The van der Waals surface area contributed by atoms with Gasteiger partial charge in [-0.3, -0.25) is 4.79 Å². The third-order valence-electron chi connectivity index (χ3n) is 4.84. The lowest BCUT2D eigenvalue weighted by Gasteiger charge is -2.28. The minimum Gasteiger partial charge on any atom is -0.493 e. The Morgan fingerprint density at radius 3 is 2.52 bits per heavy atom. The fourth-order valence-electron chi connectivity index (χ4n) is 3.34. The van der Waals surface area contributed by atoms with E-state index >= 15 is 0 Å². The van der Waals surface area contributed by atoms with Crippen LogP contribution in [-0.4, -0.2) is 43.4 Å². The Morgan fingerprint density at radius 1 is 1.21 bits per heavy atom. The summed E-state index contributed by atoms with van der Waals surface area (Å²) in [6, 6.07) is 13.9. The fraction of sp³-hybridized carbons (Fsp3) is 0.409. The van der Waals surface area contributed by atoms with Crippen LogP contribution in [0.5, 0.6) is 5.75 Å². The summed E-state index contributed by atoms with van der Waals surface area (Å²) in [5.41, 5.74) is 1.38. The Hall–Kier alpha value is -2.05. The molecule has 1 atom stereocenters. The third kappa shape index (κ3) is 5.97. The van der Waals surface area contributed by atoms with Crippen LogP contribution >= 0.6 is 11.6 Å². The molecule has 5 nitrogen and oxygen atoms in total. The van der Waals surface area contributed by atoms with Gasteiger partial charge in [-0.25, -0.2) is 8.42 Å². The average molecular weight is 436 g/mol. The number of amides is 1. The van der Waals surface area contributed by atoms with Gasteiger partial charge < -0.3 is 9.64 Å². The summed E-state index contributed by atoms with van der Waals surface area (Å²) < 4.78 is 29.7. The molecule has 0 saturated carbocycles. The molecule has 0 aliphatic carbocycles. The summed E-state index contributed by atoms with van der Waals surface area (Å²) in [4.78, 5) is 14.9. The van der Waals surface area contributed by atoms with E-state index in [1.807, 2.05) is 12.1 Å². The van der Waals surface area contributed by atoms with E-state index in [-0.39, 0.29) is 23.5 Å². The zero-order valence-electron chi connectivity index (χ0n) is 16.7. The van der Waals surface area contributed by atoms with E-state index in [1.165, 1.54) is 0 Å². The van der Waals surface area contributed by atoms with Gasteiger partial charge >= 0.3 is 0 Å². The van der Waals surface area contributed by atoms with Gasteiger partial charge in [0.05, 0.1) is 18.1 Å². The van der Waals surface area contributed by atoms with Gasteiger partial charge in [0.1, 0.15) is 5.75 Å². The van der Waals surface area contributed by atoms with Gasteiger partial charge in [0, 0.05) is 23.2 Å². The van der Waals surface area contributed by atoms with E-state index in [1.54, 1.807) is 41.3 Å². The van der Waals surface area contributed by atoms with Crippen molar-refractivity contribution in [1.29, 1.82) is 0 Å². The molecule has 0 bridgehead atoms. The quantitative estimate of drug-likeness (QED) is 0.653. The van der Waals surface area contributed by atoms with Crippen molar-refractivity contribution in [1.82, 2.24) is 4.90 Å². The average Bonchev–Trinajstić information content (AvgIpc) is 3.04. The molecule has 7 heteroatoms. The Labute approximate surface area is 177 Å². The molecule has 1 heterocycles. The van der Waals surface area contributed by atoms with Crippen LogP contribution in [0.2, 0.25) is 5.02 Å². The van der Waals surface area contributed by atoms with Crippen LogP contribution in [0.3, 0.4) is 0 Å². The maximum Gasteiger partial charge on any atom is 0.254 e. The Balaban J connectivity index is 1.82. The molecular weight excluding hydrogens is 410 g/mol. The molecule has 0 radical (unpaired) electrons. The first-order valence-corrected chi connectivity index (χ1v) is 11.9. The van der Waals surface area contributed by atoms with Gasteiger partial charge in [-0.1, -0.05) is 37.6 Å². The highest BCUT2D eigenvalue weighted by molar-refractivity contribution is 7.91. The van der Waals surface area contributed by atoms with Gasteiger partial charge in [0.15, 0.2) is 9.84 Å². The Kier molecular flexibility index (Phi) is 6.85. The normalized spacial score (nSPS) is 18.0. The number of carbonyl (C=O) groups excluding carboxylic acids is 1. The maximum atomic E-state index is 13.3. The van der Waals surface area contributed by atoms with Crippen molar-refractivity contribution in [3.05, 3.63) is 64.7 Å². The summed E-state index contributed by atoms with van der Waals surface area (Å²) in [5.74, 6) is 1.03. The molecule has 1 aliphatic heterocycles. The van der Waals surface area contributed by atoms with Crippen LogP contribution in [-0.2, 0) is 16.4 Å². The van der Waals surface area contributed by atoms with Crippen molar-refractivity contribution in [2.75, 3.05) is 18.1 Å². The predicted octanol–water partition coefficient (Wildman–Crippen LogP) is 4.20. The standard InChI is InChI=1S/C22H26ClNO4S/c1-16(2)14-28-21-8-6-18(7-9-21)22(25)24(20-10-11-29(26,27)15-20)13-17-4-3-5-19(23)12-17/h3-9,12,16,20H,10-11,13-15H2,1-2H3/t20-/m1/s1. The highest BCUT2D eigenvalue weighted by Gasteiger charge is 2.35. The van der Waals surface area contributed by atoms with Crippen molar-refractivity contribution in [3.8, 4) is 5.75 Å². The van der Waals surface area contributed by atoms with Crippen LogP contribution in [0.15, 0.2) is 48.5 Å². The highest BCUT2D eigenvalue weighted by atomic mass is 35.5. The summed E-state index contributed by atoms with van der Waals surface area (Å²) in [5, 5.41) is 0.584. The number of benzene rings is 2. The number of halogens is 1. The van der Waals surface area contributed by atoms with E-state index in [0.717, 1.165) is 5.56 Å². The number of carbonyl (C=O) groups is 1. The van der Waals surface area contributed by atoms with Crippen molar-refractivity contribution >= 4 is 27.3 Å². The monoisotopic (exact) mass is 435 g/mol. The minimum atomic E-state index is -3.12. The molecule has 156 valence electrons. The number of hydrogen-bond donors (Lipinski definition) is 0. The van der Waals surface area contributed by atoms with Gasteiger partial charge in [-0.05, 0) is 54.3 Å². The molecule has 1 aliphatic rings. The van der Waals surface area contributed by atoms with Crippen LogP contribution in [0.1, 0.15) is 36.2 Å². The highest BCUT2D eigenvalue weighted by Crippen LogP contribution is 2.24.